The molecule has 1 amide bonds. The van der Waals surface area contributed by atoms with Crippen molar-refractivity contribution in [2.75, 3.05) is 5.75 Å². The third-order valence-electron chi connectivity index (χ3n) is 4.90. The van der Waals surface area contributed by atoms with Crippen molar-refractivity contribution in [1.82, 2.24) is 24.9 Å². The van der Waals surface area contributed by atoms with Gasteiger partial charge in [-0.05, 0) is 31.2 Å². The summed E-state index contributed by atoms with van der Waals surface area (Å²) < 4.78 is 7.18. The molecule has 0 atom stereocenters. The second-order valence-corrected chi connectivity index (χ2v) is 8.05. The molecule has 0 radical (unpaired) electrons. The Balaban J connectivity index is 1.49. The molecule has 0 unspecified atom stereocenters. The molecular weight excluding hydrogens is 410 g/mol. The van der Waals surface area contributed by atoms with Crippen molar-refractivity contribution in [3.63, 3.8) is 0 Å². The number of hydrogen-bond donors (Lipinski definition) is 1. The van der Waals surface area contributed by atoms with Crippen molar-refractivity contribution in [2.45, 2.75) is 18.6 Å². The molecule has 31 heavy (non-hydrogen) atoms. The van der Waals surface area contributed by atoms with Gasteiger partial charge in [0.15, 0.2) is 10.8 Å². The standard InChI is InChI=1S/C23H19N5O2S/c1-15-8-10-16(11-9-15)21-25-19-7-3-2-6-18(19)22-26-27-23(28(21)22)31-14-20(29)24-13-17-5-4-12-30-17/h2-12H,13-14H2,1H3,(H,24,29). The summed E-state index contributed by atoms with van der Waals surface area (Å²) in [5.74, 6) is 1.56. The van der Waals surface area contributed by atoms with Crippen LogP contribution in [0, 0.1) is 6.92 Å². The smallest absolute Gasteiger partial charge is 0.230 e. The first-order chi connectivity index (χ1) is 15.2. The molecule has 3 heterocycles. The summed E-state index contributed by atoms with van der Waals surface area (Å²) in [6, 6.07) is 19.7. The Morgan fingerprint density at radius 3 is 2.71 bits per heavy atom. The summed E-state index contributed by atoms with van der Waals surface area (Å²) in [7, 11) is 0. The second-order valence-electron chi connectivity index (χ2n) is 7.10. The summed E-state index contributed by atoms with van der Waals surface area (Å²) in [6.07, 6.45) is 1.59. The maximum Gasteiger partial charge on any atom is 0.230 e. The van der Waals surface area contributed by atoms with E-state index in [-0.39, 0.29) is 11.7 Å². The van der Waals surface area contributed by atoms with Crippen LogP contribution >= 0.6 is 11.8 Å². The van der Waals surface area contributed by atoms with Crippen LogP contribution < -0.4 is 5.32 Å². The van der Waals surface area contributed by atoms with E-state index in [1.807, 2.05) is 46.9 Å². The maximum atomic E-state index is 12.3. The number of furan rings is 1. The van der Waals surface area contributed by atoms with Crippen molar-refractivity contribution in [2.24, 2.45) is 0 Å². The van der Waals surface area contributed by atoms with E-state index in [2.05, 4.69) is 34.6 Å². The number of aryl methyl sites for hydroxylation is 1. The number of fused-ring (bicyclic) bond motifs is 3. The number of para-hydroxylation sites is 1. The van der Waals surface area contributed by atoms with Crippen LogP contribution in [0.3, 0.4) is 0 Å². The zero-order valence-corrected chi connectivity index (χ0v) is 17.6. The van der Waals surface area contributed by atoms with Gasteiger partial charge in [0.2, 0.25) is 5.91 Å². The van der Waals surface area contributed by atoms with Gasteiger partial charge < -0.3 is 9.73 Å². The van der Waals surface area contributed by atoms with Crippen molar-refractivity contribution in [1.29, 1.82) is 0 Å². The number of carbonyl (C=O) groups excluding carboxylic acids is 1. The Hall–Kier alpha value is -3.65. The van der Waals surface area contributed by atoms with Crippen LogP contribution in [0.25, 0.3) is 27.9 Å². The molecular formula is C23H19N5O2S. The van der Waals surface area contributed by atoms with Crippen molar-refractivity contribution < 1.29 is 9.21 Å². The van der Waals surface area contributed by atoms with Gasteiger partial charge >= 0.3 is 0 Å². The molecule has 0 aliphatic heterocycles. The molecule has 1 N–H and O–H groups in total. The molecule has 7 nitrogen and oxygen atoms in total. The third-order valence-corrected chi connectivity index (χ3v) is 5.83. The highest BCUT2D eigenvalue weighted by atomic mass is 32.2. The van der Waals surface area contributed by atoms with Crippen LogP contribution in [-0.2, 0) is 11.3 Å². The zero-order valence-electron chi connectivity index (χ0n) is 16.8. The second kappa shape index (κ2) is 8.23. The highest BCUT2D eigenvalue weighted by Crippen LogP contribution is 2.29. The molecule has 0 saturated heterocycles. The van der Waals surface area contributed by atoms with E-state index < -0.39 is 0 Å². The first-order valence-electron chi connectivity index (χ1n) is 9.82. The predicted molar refractivity (Wildman–Crippen MR) is 120 cm³/mol. The number of hydrogen-bond acceptors (Lipinski definition) is 6. The van der Waals surface area contributed by atoms with Crippen LogP contribution in [0.5, 0.6) is 0 Å². The first kappa shape index (κ1) is 19.3. The zero-order chi connectivity index (χ0) is 21.2. The van der Waals surface area contributed by atoms with E-state index in [4.69, 9.17) is 9.40 Å². The third kappa shape index (κ3) is 3.89. The molecule has 0 saturated carbocycles. The first-order valence-corrected chi connectivity index (χ1v) is 10.8. The average Bonchev–Trinajstić information content (AvgIpc) is 3.46. The number of nitrogens with one attached hydrogen (secondary N) is 1. The lowest BCUT2D eigenvalue weighted by Crippen LogP contribution is -2.24. The van der Waals surface area contributed by atoms with Gasteiger partial charge in [-0.2, -0.15) is 0 Å². The number of rotatable bonds is 6. The molecule has 0 spiro atoms. The molecule has 0 fully saturated rings. The van der Waals surface area contributed by atoms with Gasteiger partial charge in [0.1, 0.15) is 11.6 Å². The topological polar surface area (TPSA) is 85.3 Å². The normalized spacial score (nSPS) is 11.3. The quantitative estimate of drug-likeness (QED) is 0.406. The number of thioether (sulfide) groups is 1. The van der Waals surface area contributed by atoms with Crippen LogP contribution in [0.1, 0.15) is 11.3 Å². The fourth-order valence-corrected chi connectivity index (χ4v) is 4.09. The van der Waals surface area contributed by atoms with E-state index in [9.17, 15) is 4.79 Å². The molecule has 154 valence electrons. The van der Waals surface area contributed by atoms with Crippen molar-refractivity contribution in [3.05, 3.63) is 78.3 Å². The van der Waals surface area contributed by atoms with Crippen molar-refractivity contribution >= 4 is 34.2 Å². The molecule has 2 aromatic carbocycles. The van der Waals surface area contributed by atoms with Gasteiger partial charge in [-0.1, -0.05) is 53.7 Å². The highest BCUT2D eigenvalue weighted by molar-refractivity contribution is 7.99. The van der Waals surface area contributed by atoms with Gasteiger partial charge in [-0.15, -0.1) is 10.2 Å². The lowest BCUT2D eigenvalue weighted by Gasteiger charge is -2.10. The van der Waals surface area contributed by atoms with E-state index in [1.165, 1.54) is 17.3 Å². The Kier molecular flexibility index (Phi) is 5.13. The minimum Gasteiger partial charge on any atom is -0.467 e. The Bertz CT molecular complexity index is 1360. The summed E-state index contributed by atoms with van der Waals surface area (Å²) in [4.78, 5) is 17.2. The van der Waals surface area contributed by atoms with Gasteiger partial charge in [0.05, 0.1) is 24.1 Å². The van der Waals surface area contributed by atoms with Gasteiger partial charge in [-0.25, -0.2) is 4.98 Å². The monoisotopic (exact) mass is 429 g/mol. The van der Waals surface area contributed by atoms with E-state index in [0.717, 1.165) is 27.9 Å². The SMILES string of the molecule is Cc1ccc(-c2nc3ccccc3c3nnc(SCC(=O)NCc4ccco4)n23)cc1. The van der Waals surface area contributed by atoms with Crippen LogP contribution in [0.15, 0.2) is 76.5 Å². The van der Waals surface area contributed by atoms with Gasteiger partial charge in [0, 0.05) is 10.9 Å². The average molecular weight is 430 g/mol. The molecule has 5 rings (SSSR count). The van der Waals surface area contributed by atoms with E-state index in [1.54, 1.807) is 12.3 Å². The molecule has 0 aliphatic rings. The Labute approximate surface area is 182 Å². The molecule has 8 heteroatoms. The van der Waals surface area contributed by atoms with Crippen LogP contribution in [0.2, 0.25) is 0 Å². The number of nitrogens with zero attached hydrogens (tertiary/aromatic N) is 4. The number of amides is 1. The lowest BCUT2D eigenvalue weighted by atomic mass is 10.1. The molecule has 0 bridgehead atoms. The molecule has 3 aromatic heterocycles. The maximum absolute atomic E-state index is 12.3. The largest absolute Gasteiger partial charge is 0.467 e. The lowest BCUT2D eigenvalue weighted by molar-refractivity contribution is -0.118. The summed E-state index contributed by atoms with van der Waals surface area (Å²) in [5.41, 5.74) is 3.71. The highest BCUT2D eigenvalue weighted by Gasteiger charge is 2.17. The summed E-state index contributed by atoms with van der Waals surface area (Å²) in [6.45, 7) is 2.41. The minimum atomic E-state index is -0.108. The van der Waals surface area contributed by atoms with E-state index in [0.29, 0.717) is 17.5 Å². The minimum absolute atomic E-state index is 0.108. The summed E-state index contributed by atoms with van der Waals surface area (Å²) in [5, 5.41) is 13.2. The van der Waals surface area contributed by atoms with Gasteiger partial charge in [-0.3, -0.25) is 9.20 Å². The number of carbonyl (C=O) groups is 1. The summed E-state index contributed by atoms with van der Waals surface area (Å²) >= 11 is 1.33. The Morgan fingerprint density at radius 2 is 1.90 bits per heavy atom. The van der Waals surface area contributed by atoms with Crippen LogP contribution in [0.4, 0.5) is 0 Å². The Morgan fingerprint density at radius 1 is 1.06 bits per heavy atom. The van der Waals surface area contributed by atoms with E-state index >= 15 is 0 Å². The predicted octanol–water partition coefficient (Wildman–Crippen LogP) is 4.25. The number of aromatic nitrogens is 4. The molecule has 5 aromatic rings. The van der Waals surface area contributed by atoms with Crippen molar-refractivity contribution in [3.8, 4) is 11.4 Å². The number of benzene rings is 2. The molecule has 0 aliphatic carbocycles. The fourth-order valence-electron chi connectivity index (χ4n) is 3.33. The van der Waals surface area contributed by atoms with Crippen LogP contribution in [-0.4, -0.2) is 31.2 Å². The van der Waals surface area contributed by atoms with Gasteiger partial charge in [0.25, 0.3) is 0 Å². The fraction of sp³-hybridized carbons (Fsp3) is 0.130.